The highest BCUT2D eigenvalue weighted by Gasteiger charge is 2.25. The number of amides is 1. The molecule has 250 valence electrons. The second-order valence-corrected chi connectivity index (χ2v) is 12.4. The summed E-state index contributed by atoms with van der Waals surface area (Å²) in [6, 6.07) is 20.6. The molecular formula is C37H44N8O3. The van der Waals surface area contributed by atoms with Crippen LogP contribution in [0.15, 0.2) is 66.9 Å². The number of carbonyl (C=O) groups is 1. The molecule has 48 heavy (non-hydrogen) atoms. The van der Waals surface area contributed by atoms with Crippen LogP contribution >= 0.6 is 0 Å². The molecule has 1 amide bonds. The van der Waals surface area contributed by atoms with E-state index in [0.29, 0.717) is 29.8 Å². The molecule has 1 atom stereocenters. The molecule has 1 unspecified atom stereocenters. The minimum Gasteiger partial charge on any atom is -0.491 e. The molecule has 1 saturated heterocycles. The number of benzene rings is 2. The van der Waals surface area contributed by atoms with E-state index in [1.807, 2.05) is 60.1 Å². The zero-order chi connectivity index (χ0) is 33.8. The van der Waals surface area contributed by atoms with Gasteiger partial charge in [-0.05, 0) is 62.4 Å². The van der Waals surface area contributed by atoms with Crippen molar-refractivity contribution in [2.45, 2.75) is 52.2 Å². The summed E-state index contributed by atoms with van der Waals surface area (Å²) in [6.45, 7) is 9.26. The summed E-state index contributed by atoms with van der Waals surface area (Å²) in [5.41, 5.74) is 6.23. The Morgan fingerprint density at radius 3 is 2.56 bits per heavy atom. The molecule has 0 saturated carbocycles. The molecule has 0 aliphatic carbocycles. The molecule has 1 fully saturated rings. The summed E-state index contributed by atoms with van der Waals surface area (Å²) >= 11 is 0. The number of hydrogen-bond acceptors (Lipinski definition) is 9. The molecule has 1 aliphatic rings. The number of pyridine rings is 1. The maximum absolute atomic E-state index is 13.8. The van der Waals surface area contributed by atoms with Gasteiger partial charge in [-0.3, -0.25) is 9.48 Å². The van der Waals surface area contributed by atoms with Gasteiger partial charge >= 0.3 is 0 Å². The summed E-state index contributed by atoms with van der Waals surface area (Å²) in [4.78, 5) is 23.1. The van der Waals surface area contributed by atoms with Gasteiger partial charge in [-0.2, -0.15) is 5.10 Å². The summed E-state index contributed by atoms with van der Waals surface area (Å²) < 4.78 is 12.4. The maximum atomic E-state index is 13.8. The second kappa shape index (κ2) is 14.4. The second-order valence-electron chi connectivity index (χ2n) is 12.4. The van der Waals surface area contributed by atoms with Crippen molar-refractivity contribution in [3.63, 3.8) is 0 Å². The molecule has 11 nitrogen and oxygen atoms in total. The maximum Gasteiger partial charge on any atom is 0.276 e. The van der Waals surface area contributed by atoms with Crippen molar-refractivity contribution in [3.8, 4) is 34.0 Å². The first kappa shape index (κ1) is 32.9. The number of methoxy groups -OCH3 is 2. The van der Waals surface area contributed by atoms with Gasteiger partial charge in [0, 0.05) is 67.9 Å². The van der Waals surface area contributed by atoms with Gasteiger partial charge in [0.1, 0.15) is 5.82 Å². The molecule has 0 bridgehead atoms. The lowest BCUT2D eigenvalue weighted by Gasteiger charge is -2.34. The summed E-state index contributed by atoms with van der Waals surface area (Å²) in [7, 11) is 5.05. The van der Waals surface area contributed by atoms with Gasteiger partial charge in [-0.25, -0.2) is 4.98 Å². The Labute approximate surface area is 281 Å². The number of anilines is 1. The number of piperidine rings is 1. The van der Waals surface area contributed by atoms with Gasteiger partial charge in [0.25, 0.3) is 11.8 Å². The van der Waals surface area contributed by atoms with Crippen molar-refractivity contribution >= 4 is 22.8 Å². The van der Waals surface area contributed by atoms with E-state index in [9.17, 15) is 4.79 Å². The summed E-state index contributed by atoms with van der Waals surface area (Å²) in [5.74, 6) is 1.84. The lowest BCUT2D eigenvalue weighted by molar-refractivity contribution is 0.0717. The summed E-state index contributed by atoms with van der Waals surface area (Å²) in [6.07, 6.45) is 3.98. The van der Waals surface area contributed by atoms with Gasteiger partial charge in [0.2, 0.25) is 0 Å². The Balaban J connectivity index is 1.21. The molecular weight excluding hydrogens is 604 g/mol. The molecule has 1 aliphatic heterocycles. The van der Waals surface area contributed by atoms with Crippen molar-refractivity contribution in [1.82, 2.24) is 35.2 Å². The number of aromatic nitrogens is 5. The Kier molecular flexibility index (Phi) is 9.86. The third-order valence-electron chi connectivity index (χ3n) is 9.09. The monoisotopic (exact) mass is 648 g/mol. The predicted molar refractivity (Wildman–Crippen MR) is 188 cm³/mol. The molecule has 5 aromatic rings. The molecule has 3 aromatic heterocycles. The third-order valence-corrected chi connectivity index (χ3v) is 9.09. The van der Waals surface area contributed by atoms with Gasteiger partial charge in [0.15, 0.2) is 11.4 Å². The SMILES string of the molecule is CCN(C(=O)c1ccccc1-c1cc(N2CCCC(NCc3ccc(-c4cc(OC)c(OC)nn4)cc3)C2)nc2c1cnn2C)C(C)C. The first-order valence-electron chi connectivity index (χ1n) is 16.6. The number of rotatable bonds is 11. The van der Waals surface area contributed by atoms with E-state index in [0.717, 1.165) is 71.7 Å². The normalized spacial score (nSPS) is 14.8. The number of aryl methyl sites for hydroxylation is 1. The Morgan fingerprint density at radius 1 is 1.04 bits per heavy atom. The number of nitrogens with one attached hydrogen (secondary N) is 1. The van der Waals surface area contributed by atoms with E-state index < -0.39 is 0 Å². The van der Waals surface area contributed by atoms with Crippen LogP contribution in [0.2, 0.25) is 0 Å². The van der Waals surface area contributed by atoms with Crippen molar-refractivity contribution in [1.29, 1.82) is 0 Å². The van der Waals surface area contributed by atoms with E-state index >= 15 is 0 Å². The molecule has 2 aromatic carbocycles. The van der Waals surface area contributed by atoms with E-state index in [-0.39, 0.29) is 11.9 Å². The van der Waals surface area contributed by atoms with Crippen LogP contribution in [0.1, 0.15) is 49.5 Å². The molecule has 1 N–H and O–H groups in total. The van der Waals surface area contributed by atoms with E-state index in [1.54, 1.807) is 14.2 Å². The topological polar surface area (TPSA) is 111 Å². The van der Waals surface area contributed by atoms with Gasteiger partial charge in [0.05, 0.1) is 26.1 Å². The minimum atomic E-state index is 0.0328. The molecule has 4 heterocycles. The fourth-order valence-corrected chi connectivity index (χ4v) is 6.49. The quantitative estimate of drug-likeness (QED) is 0.192. The predicted octanol–water partition coefficient (Wildman–Crippen LogP) is 5.74. The molecule has 0 radical (unpaired) electrons. The fourth-order valence-electron chi connectivity index (χ4n) is 6.49. The van der Waals surface area contributed by atoms with Crippen molar-refractivity contribution in [2.24, 2.45) is 7.05 Å². The molecule has 11 heteroatoms. The highest BCUT2D eigenvalue weighted by atomic mass is 16.5. The number of hydrogen-bond donors (Lipinski definition) is 1. The van der Waals surface area contributed by atoms with Crippen molar-refractivity contribution < 1.29 is 14.3 Å². The molecule has 0 spiro atoms. The largest absolute Gasteiger partial charge is 0.491 e. The first-order chi connectivity index (χ1) is 23.3. The van der Waals surface area contributed by atoms with Gasteiger partial charge in [-0.1, -0.05) is 42.5 Å². The molecule has 6 rings (SSSR count). The van der Waals surface area contributed by atoms with Crippen LogP contribution in [0, 0.1) is 0 Å². The van der Waals surface area contributed by atoms with Crippen molar-refractivity contribution in [2.75, 3.05) is 38.8 Å². The smallest absolute Gasteiger partial charge is 0.276 e. The first-order valence-corrected chi connectivity index (χ1v) is 16.6. The Hall–Kier alpha value is -5.03. The fraction of sp³-hybridized carbons (Fsp3) is 0.378. The third kappa shape index (κ3) is 6.68. The minimum absolute atomic E-state index is 0.0328. The lowest BCUT2D eigenvalue weighted by Crippen LogP contribution is -2.45. The highest BCUT2D eigenvalue weighted by Crippen LogP contribution is 2.35. The van der Waals surface area contributed by atoms with E-state index in [2.05, 4.69) is 69.7 Å². The van der Waals surface area contributed by atoms with Crippen LogP contribution in [-0.4, -0.2) is 81.7 Å². The van der Waals surface area contributed by atoms with Crippen LogP contribution < -0.4 is 19.7 Å². The number of nitrogens with zero attached hydrogens (tertiary/aromatic N) is 7. The number of carbonyl (C=O) groups excluding carboxylic acids is 1. The van der Waals surface area contributed by atoms with E-state index in [4.69, 9.17) is 14.5 Å². The standard InChI is InChI=1S/C37H44N8O3/c1-7-45(24(2)3)37(46)29-13-9-8-12-28(29)30-19-34(40-35-31(30)22-39-43(35)4)44-18-10-11-27(23-44)38-21-25-14-16-26(17-15-25)32-20-33(47-5)36(48-6)42-41-32/h8-9,12-17,19-20,22,24,27,38H,7,10-11,18,21,23H2,1-6H3. The zero-order valence-corrected chi connectivity index (χ0v) is 28.6. The lowest BCUT2D eigenvalue weighted by atomic mass is 9.96. The number of ether oxygens (including phenoxy) is 2. The average molecular weight is 649 g/mol. The summed E-state index contributed by atoms with van der Waals surface area (Å²) in [5, 5.41) is 17.7. The Bertz CT molecular complexity index is 1890. The van der Waals surface area contributed by atoms with Crippen LogP contribution in [0.3, 0.4) is 0 Å². The van der Waals surface area contributed by atoms with Crippen LogP contribution in [0.25, 0.3) is 33.4 Å². The highest BCUT2D eigenvalue weighted by molar-refractivity contribution is 6.05. The number of fused-ring (bicyclic) bond motifs is 1. The van der Waals surface area contributed by atoms with Crippen molar-refractivity contribution in [3.05, 3.63) is 78.0 Å². The van der Waals surface area contributed by atoms with Crippen LogP contribution in [0.5, 0.6) is 11.6 Å². The van der Waals surface area contributed by atoms with Gasteiger partial charge in [-0.15, -0.1) is 10.2 Å². The average Bonchev–Trinajstić information content (AvgIpc) is 3.50. The van der Waals surface area contributed by atoms with Crippen LogP contribution in [0.4, 0.5) is 5.82 Å². The Morgan fingerprint density at radius 2 is 1.83 bits per heavy atom. The van der Waals surface area contributed by atoms with E-state index in [1.165, 1.54) is 5.56 Å². The zero-order valence-electron chi connectivity index (χ0n) is 28.6. The van der Waals surface area contributed by atoms with Crippen LogP contribution in [-0.2, 0) is 13.6 Å². The van der Waals surface area contributed by atoms with Gasteiger partial charge < -0.3 is 24.6 Å².